The summed E-state index contributed by atoms with van der Waals surface area (Å²) in [6.45, 7) is 1.97. The molecule has 1 heterocycles. The first-order chi connectivity index (χ1) is 20.2. The number of hydrogen-bond donors (Lipinski definition) is 2. The van der Waals surface area contributed by atoms with Gasteiger partial charge in [0, 0.05) is 28.1 Å². The molecule has 1 aromatic heterocycles. The normalized spacial score (nSPS) is 19.1. The molecule has 0 saturated heterocycles. The second-order valence-electron chi connectivity index (χ2n) is 10.7. The average molecular weight is 587 g/mol. The molecule has 0 spiro atoms. The molecule has 3 aromatic carbocycles. The predicted octanol–water partition coefficient (Wildman–Crippen LogP) is 5.03. The quantitative estimate of drug-likeness (QED) is 0.277. The first-order valence-corrected chi connectivity index (χ1v) is 15.1. The molecule has 0 aliphatic heterocycles. The summed E-state index contributed by atoms with van der Waals surface area (Å²) >= 11 is 0. The van der Waals surface area contributed by atoms with Crippen molar-refractivity contribution >= 4 is 38.6 Å². The van der Waals surface area contributed by atoms with Crippen molar-refractivity contribution in [1.82, 2.24) is 14.5 Å². The molecule has 11 heteroatoms. The van der Waals surface area contributed by atoms with E-state index >= 15 is 0 Å². The molecule has 2 bridgehead atoms. The predicted molar refractivity (Wildman–Crippen MR) is 157 cm³/mol. The van der Waals surface area contributed by atoms with Gasteiger partial charge >= 0.3 is 6.09 Å². The van der Waals surface area contributed by atoms with Crippen molar-refractivity contribution < 1.29 is 27.5 Å². The Balaban J connectivity index is 1.17. The minimum Gasteiger partial charge on any atom is -0.496 e. The molecule has 216 valence electrons. The van der Waals surface area contributed by atoms with Crippen LogP contribution in [0.25, 0.3) is 10.9 Å². The van der Waals surface area contributed by atoms with Crippen LogP contribution >= 0.6 is 0 Å². The first kappa shape index (κ1) is 27.5. The number of carbonyl (C=O) groups is 2. The van der Waals surface area contributed by atoms with E-state index in [1.807, 2.05) is 12.1 Å². The summed E-state index contributed by atoms with van der Waals surface area (Å²) in [6.07, 6.45) is 7.41. The second-order valence-corrected chi connectivity index (χ2v) is 12.3. The fraction of sp³-hybridized carbons (Fsp3) is 0.258. The Morgan fingerprint density at radius 3 is 2.62 bits per heavy atom. The van der Waals surface area contributed by atoms with Crippen LogP contribution in [0.15, 0.2) is 83.9 Å². The Morgan fingerprint density at radius 1 is 1.05 bits per heavy atom. The molecule has 2 amide bonds. The van der Waals surface area contributed by atoms with Crippen molar-refractivity contribution in [1.29, 1.82) is 0 Å². The minimum atomic E-state index is -4.05. The molecule has 2 N–H and O–H groups in total. The molecule has 10 nitrogen and oxygen atoms in total. The third-order valence-electron chi connectivity index (χ3n) is 7.85. The fourth-order valence-electron chi connectivity index (χ4n) is 5.70. The van der Waals surface area contributed by atoms with Gasteiger partial charge in [0.1, 0.15) is 11.9 Å². The van der Waals surface area contributed by atoms with Gasteiger partial charge in [-0.05, 0) is 67.6 Å². The molecule has 2 aliphatic rings. The number of carbonyl (C=O) groups excluding carboxylic acids is 2. The van der Waals surface area contributed by atoms with Gasteiger partial charge in [-0.1, -0.05) is 36.4 Å². The maximum absolute atomic E-state index is 12.9. The van der Waals surface area contributed by atoms with Crippen LogP contribution in [0.4, 0.5) is 10.5 Å². The summed E-state index contributed by atoms with van der Waals surface area (Å²) in [5, 5.41) is 8.21. The Morgan fingerprint density at radius 2 is 1.88 bits per heavy atom. The first-order valence-electron chi connectivity index (χ1n) is 13.6. The molecule has 2 aliphatic carbocycles. The minimum absolute atomic E-state index is 0.0392. The smallest absolute Gasteiger partial charge is 0.411 e. The van der Waals surface area contributed by atoms with Gasteiger partial charge in [-0.2, -0.15) is 5.10 Å². The van der Waals surface area contributed by atoms with Gasteiger partial charge in [-0.15, -0.1) is 0 Å². The number of allylic oxidation sites excluding steroid dienone is 1. The molecular weight excluding hydrogens is 556 g/mol. The Hall–Kier alpha value is -4.64. The summed E-state index contributed by atoms with van der Waals surface area (Å²) in [5.74, 6) is 0.439. The zero-order chi connectivity index (χ0) is 29.4. The summed E-state index contributed by atoms with van der Waals surface area (Å²) in [4.78, 5) is 25.5. The van der Waals surface area contributed by atoms with Gasteiger partial charge in [0.25, 0.3) is 15.9 Å². The summed E-state index contributed by atoms with van der Waals surface area (Å²) in [7, 11) is -2.57. The molecule has 6 rings (SSSR count). The summed E-state index contributed by atoms with van der Waals surface area (Å²) in [5.41, 5.74) is 2.76. The Kier molecular flexibility index (Phi) is 7.19. The van der Waals surface area contributed by atoms with Crippen LogP contribution in [0.1, 0.15) is 34.3 Å². The molecule has 3 atom stereocenters. The lowest BCUT2D eigenvalue weighted by molar-refractivity contribution is 0.0955. The number of hydrogen-bond acceptors (Lipinski definition) is 7. The van der Waals surface area contributed by atoms with Crippen LogP contribution in [-0.4, -0.2) is 43.4 Å². The zero-order valence-electron chi connectivity index (χ0n) is 23.1. The average Bonchev–Trinajstić information content (AvgIpc) is 3.69. The van der Waals surface area contributed by atoms with Crippen molar-refractivity contribution in [2.24, 2.45) is 11.8 Å². The fourth-order valence-corrected chi connectivity index (χ4v) is 6.92. The van der Waals surface area contributed by atoms with Crippen molar-refractivity contribution in [2.45, 2.75) is 37.3 Å². The number of nitrogens with one attached hydrogen (secondary N) is 2. The van der Waals surface area contributed by atoms with Crippen LogP contribution < -0.4 is 14.8 Å². The molecule has 0 radical (unpaired) electrons. The monoisotopic (exact) mass is 586 g/mol. The molecule has 42 heavy (non-hydrogen) atoms. The van der Waals surface area contributed by atoms with Crippen molar-refractivity contribution in [3.63, 3.8) is 0 Å². The van der Waals surface area contributed by atoms with E-state index in [0.29, 0.717) is 35.4 Å². The molecule has 3 unspecified atom stereocenters. The molecule has 4 aromatic rings. The lowest BCUT2D eigenvalue weighted by atomic mass is 10.1. The van der Waals surface area contributed by atoms with Crippen LogP contribution in [0.2, 0.25) is 0 Å². The highest BCUT2D eigenvalue weighted by Crippen LogP contribution is 2.40. The summed E-state index contributed by atoms with van der Waals surface area (Å²) in [6, 6.07) is 16.7. The van der Waals surface area contributed by atoms with Crippen LogP contribution in [0.3, 0.4) is 0 Å². The molecule has 1 fully saturated rings. The molecule has 1 saturated carbocycles. The highest BCUT2D eigenvalue weighted by molar-refractivity contribution is 7.90. The number of fused-ring (bicyclic) bond motifs is 3. The maximum atomic E-state index is 12.9. The van der Waals surface area contributed by atoms with Gasteiger partial charge in [0.05, 0.1) is 30.3 Å². The highest BCUT2D eigenvalue weighted by Gasteiger charge is 2.38. The van der Waals surface area contributed by atoms with Gasteiger partial charge in [-0.25, -0.2) is 17.9 Å². The van der Waals surface area contributed by atoms with E-state index in [2.05, 4.69) is 27.3 Å². The maximum Gasteiger partial charge on any atom is 0.411 e. The molecular formula is C31H30N4O6S. The number of anilines is 1. The van der Waals surface area contributed by atoms with Crippen LogP contribution in [0, 0.1) is 18.8 Å². The second kappa shape index (κ2) is 11.0. The number of methoxy groups -OCH3 is 1. The number of benzene rings is 3. The van der Waals surface area contributed by atoms with E-state index in [1.165, 1.54) is 19.2 Å². The lowest BCUT2D eigenvalue weighted by Crippen LogP contribution is -2.31. The van der Waals surface area contributed by atoms with E-state index < -0.39 is 22.0 Å². The Labute approximate surface area is 243 Å². The largest absolute Gasteiger partial charge is 0.496 e. The van der Waals surface area contributed by atoms with Gasteiger partial charge in [0.2, 0.25) is 0 Å². The van der Waals surface area contributed by atoms with Crippen molar-refractivity contribution in [3.8, 4) is 5.75 Å². The standard InChI is InChI=1S/C31H30N4O6S/c1-19-5-3-4-6-29(19)42(38,39)34-30(36)22-9-10-24(27(15-22)40-2)18-35-26-16-25(12-11-23(26)17-32-35)33-31(37)41-28-14-20-7-8-21(28)13-20/h3-12,15-17,20-21,28H,13-14,18H2,1-2H3,(H,33,37)(H,34,36). The zero-order valence-corrected chi connectivity index (χ0v) is 23.9. The van der Waals surface area contributed by atoms with Crippen LogP contribution in [0.5, 0.6) is 5.75 Å². The summed E-state index contributed by atoms with van der Waals surface area (Å²) < 4.78 is 40.7. The number of rotatable bonds is 8. The van der Waals surface area contributed by atoms with E-state index in [1.54, 1.807) is 54.2 Å². The SMILES string of the molecule is COc1cc(C(=O)NS(=O)(=O)c2ccccc2C)ccc1Cn1ncc2ccc(NC(=O)OC3CC4C=CC3C4)cc21. The van der Waals surface area contributed by atoms with Gasteiger partial charge < -0.3 is 9.47 Å². The van der Waals surface area contributed by atoms with Crippen molar-refractivity contribution in [3.05, 3.63) is 95.7 Å². The lowest BCUT2D eigenvalue weighted by Gasteiger charge is -2.19. The Bertz CT molecular complexity index is 1830. The third-order valence-corrected chi connectivity index (χ3v) is 9.34. The van der Waals surface area contributed by atoms with E-state index in [0.717, 1.165) is 29.3 Å². The van der Waals surface area contributed by atoms with E-state index in [4.69, 9.17) is 9.47 Å². The number of aromatic nitrogens is 2. The number of aryl methyl sites for hydroxylation is 1. The highest BCUT2D eigenvalue weighted by atomic mass is 32.2. The van der Waals surface area contributed by atoms with Crippen molar-refractivity contribution in [2.75, 3.05) is 12.4 Å². The van der Waals surface area contributed by atoms with Gasteiger partial charge in [-0.3, -0.25) is 14.8 Å². The van der Waals surface area contributed by atoms with Crippen LogP contribution in [-0.2, 0) is 21.3 Å². The van der Waals surface area contributed by atoms with E-state index in [9.17, 15) is 18.0 Å². The topological polar surface area (TPSA) is 129 Å². The third kappa shape index (κ3) is 5.47. The van der Waals surface area contributed by atoms with Gasteiger partial charge in [0.15, 0.2) is 0 Å². The number of sulfonamides is 1. The number of ether oxygens (including phenoxy) is 2. The number of amides is 2. The van der Waals surface area contributed by atoms with E-state index in [-0.39, 0.29) is 16.6 Å². The number of nitrogens with zero attached hydrogens (tertiary/aromatic N) is 2.